The van der Waals surface area contributed by atoms with E-state index in [0.717, 1.165) is 5.56 Å². The summed E-state index contributed by atoms with van der Waals surface area (Å²) in [5.74, 6) is -0.175. The second kappa shape index (κ2) is 8.01. The van der Waals surface area contributed by atoms with Gasteiger partial charge in [-0.3, -0.25) is 10.1 Å². The van der Waals surface area contributed by atoms with Gasteiger partial charge in [0, 0.05) is 11.3 Å². The Bertz CT molecular complexity index is 763. The predicted octanol–water partition coefficient (Wildman–Crippen LogP) is 3.67. The predicted molar refractivity (Wildman–Crippen MR) is 94.9 cm³/mol. The molecule has 5 nitrogen and oxygen atoms in total. The Morgan fingerprint density at radius 2 is 1.96 bits per heavy atom. The van der Waals surface area contributed by atoms with Crippen molar-refractivity contribution in [1.82, 2.24) is 5.32 Å². The lowest BCUT2D eigenvalue weighted by Gasteiger charge is -2.07. The fourth-order valence-corrected chi connectivity index (χ4v) is 2.20. The quantitative estimate of drug-likeness (QED) is 0.391. The van der Waals surface area contributed by atoms with E-state index in [4.69, 9.17) is 5.26 Å². The van der Waals surface area contributed by atoms with E-state index < -0.39 is 0 Å². The molecule has 0 aliphatic rings. The Labute approximate surface area is 139 Å². The standard InChI is InChI=1S/C17H16N4OS/c1-12-6-8-13(9-7-12)16(22)20-14-4-3-5-15(10-14)21-17(23-2)19-11-18/h3-10H,1-2H3,(H,19,21)(H,20,22). The van der Waals surface area contributed by atoms with E-state index in [0.29, 0.717) is 22.1 Å². The maximum absolute atomic E-state index is 12.2. The Kier molecular flexibility index (Phi) is 5.78. The van der Waals surface area contributed by atoms with Crippen molar-refractivity contribution in [3.05, 3.63) is 59.7 Å². The number of thioether (sulfide) groups is 1. The van der Waals surface area contributed by atoms with Crippen molar-refractivity contribution < 1.29 is 4.79 Å². The van der Waals surface area contributed by atoms with Gasteiger partial charge in [-0.15, -0.1) is 0 Å². The molecule has 0 heterocycles. The third-order valence-corrected chi connectivity index (χ3v) is 3.58. The lowest BCUT2D eigenvalue weighted by atomic mass is 10.1. The van der Waals surface area contributed by atoms with E-state index in [-0.39, 0.29) is 5.91 Å². The number of benzene rings is 2. The van der Waals surface area contributed by atoms with Gasteiger partial charge < -0.3 is 5.32 Å². The molecule has 0 bridgehead atoms. The van der Waals surface area contributed by atoms with E-state index in [1.807, 2.05) is 31.5 Å². The monoisotopic (exact) mass is 324 g/mol. The number of carbonyl (C=O) groups excluding carboxylic acids is 1. The molecule has 0 saturated heterocycles. The highest BCUT2D eigenvalue weighted by Gasteiger charge is 2.06. The second-order valence-corrected chi connectivity index (χ2v) is 5.52. The largest absolute Gasteiger partial charge is 0.322 e. The van der Waals surface area contributed by atoms with E-state index in [1.54, 1.807) is 36.4 Å². The summed E-state index contributed by atoms with van der Waals surface area (Å²) in [5, 5.41) is 14.5. The van der Waals surface area contributed by atoms with Crippen LogP contribution in [0, 0.1) is 18.4 Å². The van der Waals surface area contributed by atoms with Crippen LogP contribution < -0.4 is 10.6 Å². The van der Waals surface area contributed by atoms with Crippen molar-refractivity contribution in [3.8, 4) is 6.19 Å². The van der Waals surface area contributed by atoms with Crippen LogP contribution in [-0.4, -0.2) is 17.3 Å². The molecule has 1 amide bonds. The van der Waals surface area contributed by atoms with E-state index in [9.17, 15) is 4.79 Å². The number of rotatable bonds is 3. The van der Waals surface area contributed by atoms with Gasteiger partial charge in [-0.25, -0.2) is 4.99 Å². The molecule has 2 rings (SSSR count). The normalized spacial score (nSPS) is 10.7. The smallest absolute Gasteiger partial charge is 0.255 e. The summed E-state index contributed by atoms with van der Waals surface area (Å²) in [4.78, 5) is 16.5. The molecule has 0 unspecified atom stereocenters. The highest BCUT2D eigenvalue weighted by atomic mass is 32.2. The first kappa shape index (κ1) is 16.6. The summed E-state index contributed by atoms with van der Waals surface area (Å²) in [6.45, 7) is 1.97. The summed E-state index contributed by atoms with van der Waals surface area (Å²) >= 11 is 1.34. The number of carbonyl (C=O) groups is 1. The number of hydrogen-bond acceptors (Lipinski definition) is 4. The van der Waals surface area contributed by atoms with Crippen molar-refractivity contribution in [1.29, 1.82) is 5.26 Å². The molecular formula is C17H16N4OS. The van der Waals surface area contributed by atoms with Crippen LogP contribution in [0.4, 0.5) is 11.4 Å². The first-order valence-electron chi connectivity index (χ1n) is 6.88. The molecule has 0 aromatic heterocycles. The molecule has 0 aliphatic heterocycles. The Morgan fingerprint density at radius 3 is 2.61 bits per heavy atom. The zero-order valence-electron chi connectivity index (χ0n) is 12.8. The molecule has 2 aromatic carbocycles. The number of amides is 1. The van der Waals surface area contributed by atoms with E-state index >= 15 is 0 Å². The number of anilines is 1. The average Bonchev–Trinajstić information content (AvgIpc) is 2.55. The van der Waals surface area contributed by atoms with Gasteiger partial charge in [0.05, 0.1) is 5.69 Å². The molecule has 23 heavy (non-hydrogen) atoms. The van der Waals surface area contributed by atoms with Gasteiger partial charge in [0.1, 0.15) is 0 Å². The first-order chi connectivity index (χ1) is 11.1. The van der Waals surface area contributed by atoms with Gasteiger partial charge in [0.15, 0.2) is 11.4 Å². The van der Waals surface area contributed by atoms with Crippen molar-refractivity contribution in [2.75, 3.05) is 11.6 Å². The summed E-state index contributed by atoms with van der Waals surface area (Å²) in [7, 11) is 0. The molecule has 116 valence electrons. The highest BCUT2D eigenvalue weighted by molar-refractivity contribution is 8.13. The number of aliphatic imine (C=N–C) groups is 1. The highest BCUT2D eigenvalue weighted by Crippen LogP contribution is 2.20. The molecular weight excluding hydrogens is 308 g/mol. The minimum atomic E-state index is -0.175. The Balaban J connectivity index is 2.15. The summed E-state index contributed by atoms with van der Waals surface area (Å²) in [6, 6.07) is 14.5. The molecule has 0 atom stereocenters. The molecule has 0 aliphatic carbocycles. The van der Waals surface area contributed by atoms with Crippen LogP contribution in [-0.2, 0) is 0 Å². The topological polar surface area (TPSA) is 77.3 Å². The lowest BCUT2D eigenvalue weighted by Crippen LogP contribution is -2.13. The maximum atomic E-state index is 12.2. The summed E-state index contributed by atoms with van der Waals surface area (Å²) in [6.07, 6.45) is 3.67. The molecule has 0 spiro atoms. The third-order valence-electron chi connectivity index (χ3n) is 3.00. The van der Waals surface area contributed by atoms with Crippen LogP contribution in [0.3, 0.4) is 0 Å². The lowest BCUT2D eigenvalue weighted by molar-refractivity contribution is 0.102. The number of aryl methyl sites for hydroxylation is 1. The zero-order chi connectivity index (χ0) is 16.7. The van der Waals surface area contributed by atoms with Gasteiger partial charge in [0.2, 0.25) is 0 Å². The average molecular weight is 324 g/mol. The van der Waals surface area contributed by atoms with Crippen LogP contribution in [0.2, 0.25) is 0 Å². The molecule has 2 aromatic rings. The molecule has 0 fully saturated rings. The minimum absolute atomic E-state index is 0.175. The fourth-order valence-electron chi connectivity index (χ4n) is 1.85. The van der Waals surface area contributed by atoms with Gasteiger partial charge in [0.25, 0.3) is 5.91 Å². The molecule has 0 radical (unpaired) electrons. The van der Waals surface area contributed by atoms with Crippen LogP contribution in [0.15, 0.2) is 53.5 Å². The third kappa shape index (κ3) is 4.87. The van der Waals surface area contributed by atoms with Gasteiger partial charge in [-0.2, -0.15) is 5.26 Å². The van der Waals surface area contributed by atoms with E-state index in [2.05, 4.69) is 15.6 Å². The number of nitrogens with one attached hydrogen (secondary N) is 2. The number of nitriles is 1. The van der Waals surface area contributed by atoms with Crippen LogP contribution in [0.25, 0.3) is 0 Å². The van der Waals surface area contributed by atoms with Crippen LogP contribution in [0.5, 0.6) is 0 Å². The van der Waals surface area contributed by atoms with E-state index in [1.165, 1.54) is 11.8 Å². The first-order valence-corrected chi connectivity index (χ1v) is 8.10. The van der Waals surface area contributed by atoms with Gasteiger partial charge >= 0.3 is 0 Å². The van der Waals surface area contributed by atoms with Crippen molar-refractivity contribution >= 4 is 34.2 Å². The Hall–Kier alpha value is -2.78. The second-order valence-electron chi connectivity index (χ2n) is 4.73. The minimum Gasteiger partial charge on any atom is -0.322 e. The molecule has 6 heteroatoms. The zero-order valence-corrected chi connectivity index (χ0v) is 13.6. The number of hydrogen-bond donors (Lipinski definition) is 2. The Morgan fingerprint density at radius 1 is 1.22 bits per heavy atom. The number of nitrogens with zero attached hydrogens (tertiary/aromatic N) is 2. The van der Waals surface area contributed by atoms with Crippen molar-refractivity contribution in [3.63, 3.8) is 0 Å². The van der Waals surface area contributed by atoms with Crippen molar-refractivity contribution in [2.45, 2.75) is 6.92 Å². The van der Waals surface area contributed by atoms with Crippen LogP contribution >= 0.6 is 11.8 Å². The van der Waals surface area contributed by atoms with Gasteiger partial charge in [-0.1, -0.05) is 35.5 Å². The molecule has 0 saturated carbocycles. The van der Waals surface area contributed by atoms with Crippen molar-refractivity contribution in [2.24, 2.45) is 4.99 Å². The maximum Gasteiger partial charge on any atom is 0.255 e. The van der Waals surface area contributed by atoms with Crippen LogP contribution in [0.1, 0.15) is 15.9 Å². The SMILES string of the molecule is CSC(=Nc1cccc(NC(=O)c2ccc(C)cc2)c1)NC#N. The summed E-state index contributed by atoms with van der Waals surface area (Å²) < 4.78 is 0. The number of amidine groups is 1. The summed E-state index contributed by atoms with van der Waals surface area (Å²) in [5.41, 5.74) is 3.00. The van der Waals surface area contributed by atoms with Gasteiger partial charge in [-0.05, 0) is 43.5 Å². The fraction of sp³-hybridized carbons (Fsp3) is 0.118. The molecule has 2 N–H and O–H groups in total.